The van der Waals surface area contributed by atoms with Gasteiger partial charge in [-0.2, -0.15) is 0 Å². The molecule has 0 saturated heterocycles. The molecule has 0 fully saturated rings. The first kappa shape index (κ1) is 16.2. The first-order valence-corrected chi connectivity index (χ1v) is 6.86. The van der Waals surface area contributed by atoms with Crippen molar-refractivity contribution in [2.75, 3.05) is 13.2 Å². The van der Waals surface area contributed by atoms with Crippen LogP contribution in [0.5, 0.6) is 0 Å². The summed E-state index contributed by atoms with van der Waals surface area (Å²) in [5.41, 5.74) is 0.832. The van der Waals surface area contributed by atoms with E-state index in [9.17, 15) is 9.59 Å². The van der Waals surface area contributed by atoms with Gasteiger partial charge in [-0.15, -0.1) is 0 Å². The molecular formula is C15H18ClNO3. The van der Waals surface area contributed by atoms with Crippen LogP contribution in [0.25, 0.3) is 6.08 Å². The lowest BCUT2D eigenvalue weighted by Crippen LogP contribution is -2.29. The van der Waals surface area contributed by atoms with Gasteiger partial charge in [0.25, 0.3) is 5.91 Å². The number of unbranched alkanes of at least 4 members (excludes halogenated alkanes) is 1. The first-order chi connectivity index (χ1) is 9.61. The van der Waals surface area contributed by atoms with Crippen molar-refractivity contribution < 1.29 is 14.3 Å². The van der Waals surface area contributed by atoms with Gasteiger partial charge in [0.2, 0.25) is 0 Å². The molecule has 0 aromatic heterocycles. The van der Waals surface area contributed by atoms with Crippen molar-refractivity contribution in [2.24, 2.45) is 0 Å². The summed E-state index contributed by atoms with van der Waals surface area (Å²) in [7, 11) is 0. The summed E-state index contributed by atoms with van der Waals surface area (Å²) in [6, 6.07) is 7.02. The number of amides is 1. The van der Waals surface area contributed by atoms with Crippen LogP contribution in [0.15, 0.2) is 30.3 Å². The number of hydrogen-bond acceptors (Lipinski definition) is 3. The van der Waals surface area contributed by atoms with E-state index in [2.05, 4.69) is 5.32 Å². The number of halogens is 1. The van der Waals surface area contributed by atoms with Gasteiger partial charge in [0.05, 0.1) is 0 Å². The van der Waals surface area contributed by atoms with Gasteiger partial charge in [-0.1, -0.05) is 37.1 Å². The third-order valence-corrected chi connectivity index (χ3v) is 2.73. The number of benzene rings is 1. The number of hydrogen-bond donors (Lipinski definition) is 1. The molecule has 1 aromatic carbocycles. The van der Waals surface area contributed by atoms with E-state index in [-0.39, 0.29) is 12.5 Å². The zero-order chi connectivity index (χ0) is 14.8. The summed E-state index contributed by atoms with van der Waals surface area (Å²) in [5.74, 6) is -0.836. The van der Waals surface area contributed by atoms with Crippen LogP contribution in [-0.4, -0.2) is 25.0 Å². The minimum Gasteiger partial charge on any atom is -0.452 e. The molecule has 0 atom stereocenters. The average Bonchev–Trinajstić information content (AvgIpc) is 2.45. The van der Waals surface area contributed by atoms with Gasteiger partial charge in [0, 0.05) is 17.6 Å². The van der Waals surface area contributed by atoms with Gasteiger partial charge >= 0.3 is 5.97 Å². The highest BCUT2D eigenvalue weighted by atomic mass is 35.5. The molecule has 0 heterocycles. The van der Waals surface area contributed by atoms with E-state index in [4.69, 9.17) is 16.3 Å². The fraction of sp³-hybridized carbons (Fsp3) is 0.333. The molecule has 5 heteroatoms. The number of carbonyl (C=O) groups excluding carboxylic acids is 2. The van der Waals surface area contributed by atoms with Gasteiger partial charge in [0.15, 0.2) is 6.61 Å². The highest BCUT2D eigenvalue weighted by Crippen LogP contribution is 2.10. The summed E-state index contributed by atoms with van der Waals surface area (Å²) in [6.07, 6.45) is 4.80. The molecule has 0 radical (unpaired) electrons. The third-order valence-electron chi connectivity index (χ3n) is 2.48. The molecule has 0 bridgehead atoms. The van der Waals surface area contributed by atoms with Crippen molar-refractivity contribution in [3.05, 3.63) is 40.9 Å². The van der Waals surface area contributed by atoms with E-state index in [1.165, 1.54) is 6.08 Å². The first-order valence-electron chi connectivity index (χ1n) is 6.49. The predicted molar refractivity (Wildman–Crippen MR) is 79.4 cm³/mol. The van der Waals surface area contributed by atoms with Crippen molar-refractivity contribution in [2.45, 2.75) is 19.8 Å². The molecule has 0 aliphatic carbocycles. The van der Waals surface area contributed by atoms with Crippen molar-refractivity contribution in [3.8, 4) is 0 Å². The maximum absolute atomic E-state index is 11.4. The Labute approximate surface area is 123 Å². The summed E-state index contributed by atoms with van der Waals surface area (Å²) in [6.45, 7) is 2.38. The number of ether oxygens (including phenoxy) is 1. The Balaban J connectivity index is 2.29. The Bertz CT molecular complexity index is 469. The van der Waals surface area contributed by atoms with Crippen LogP contribution in [0.2, 0.25) is 5.02 Å². The number of nitrogens with one attached hydrogen (secondary N) is 1. The molecule has 1 N–H and O–H groups in total. The second-order valence-corrected chi connectivity index (χ2v) is 4.63. The topological polar surface area (TPSA) is 55.4 Å². The zero-order valence-electron chi connectivity index (χ0n) is 11.4. The number of esters is 1. The van der Waals surface area contributed by atoms with Crippen molar-refractivity contribution >= 4 is 29.6 Å². The maximum Gasteiger partial charge on any atom is 0.331 e. The molecule has 1 rings (SSSR count). The summed E-state index contributed by atoms with van der Waals surface area (Å²) in [5, 5.41) is 3.30. The SMILES string of the molecule is CCCCNC(=O)COC(=O)C=Cc1ccc(Cl)cc1. The van der Waals surface area contributed by atoms with E-state index in [1.807, 2.05) is 6.92 Å². The second kappa shape index (κ2) is 9.15. The standard InChI is InChI=1S/C15H18ClNO3/c1-2-3-10-17-14(18)11-20-15(19)9-6-12-4-7-13(16)8-5-12/h4-9H,2-3,10-11H2,1H3,(H,17,18). The van der Waals surface area contributed by atoms with Crippen molar-refractivity contribution in [1.29, 1.82) is 0 Å². The fourth-order valence-corrected chi connectivity index (χ4v) is 1.50. The lowest BCUT2D eigenvalue weighted by atomic mass is 10.2. The summed E-state index contributed by atoms with van der Waals surface area (Å²) in [4.78, 5) is 22.7. The molecule has 0 aliphatic heterocycles. The number of carbonyl (C=O) groups is 2. The van der Waals surface area contributed by atoms with Crippen LogP contribution in [0, 0.1) is 0 Å². The Morgan fingerprint density at radius 3 is 2.65 bits per heavy atom. The number of rotatable bonds is 7. The van der Waals surface area contributed by atoms with Crippen molar-refractivity contribution in [3.63, 3.8) is 0 Å². The molecule has 0 saturated carbocycles. The van der Waals surface area contributed by atoms with Crippen LogP contribution in [0.3, 0.4) is 0 Å². The maximum atomic E-state index is 11.4. The highest BCUT2D eigenvalue weighted by molar-refractivity contribution is 6.30. The van der Waals surface area contributed by atoms with E-state index < -0.39 is 5.97 Å². The lowest BCUT2D eigenvalue weighted by Gasteiger charge is -2.04. The van der Waals surface area contributed by atoms with Crippen LogP contribution in [0.4, 0.5) is 0 Å². The molecule has 4 nitrogen and oxygen atoms in total. The predicted octanol–water partition coefficient (Wildman–Crippen LogP) is 2.81. The summed E-state index contributed by atoms with van der Waals surface area (Å²) < 4.78 is 4.82. The van der Waals surface area contributed by atoms with Crippen LogP contribution in [-0.2, 0) is 14.3 Å². The third kappa shape index (κ3) is 6.95. The van der Waals surface area contributed by atoms with Crippen LogP contribution in [0.1, 0.15) is 25.3 Å². The monoisotopic (exact) mass is 295 g/mol. The molecule has 108 valence electrons. The molecule has 0 unspecified atom stereocenters. The molecule has 20 heavy (non-hydrogen) atoms. The van der Waals surface area contributed by atoms with Gasteiger partial charge in [0.1, 0.15) is 0 Å². The molecule has 0 spiro atoms. The van der Waals surface area contributed by atoms with Crippen molar-refractivity contribution in [1.82, 2.24) is 5.32 Å². The molecular weight excluding hydrogens is 278 g/mol. The molecule has 1 amide bonds. The van der Waals surface area contributed by atoms with Gasteiger partial charge in [-0.25, -0.2) is 4.79 Å². The Morgan fingerprint density at radius 2 is 2.00 bits per heavy atom. The molecule has 0 aliphatic rings. The Kier molecular flexibility index (Phi) is 7.43. The Morgan fingerprint density at radius 1 is 1.30 bits per heavy atom. The van der Waals surface area contributed by atoms with E-state index in [1.54, 1.807) is 30.3 Å². The second-order valence-electron chi connectivity index (χ2n) is 4.20. The van der Waals surface area contributed by atoms with Gasteiger partial charge in [-0.05, 0) is 30.2 Å². The van der Waals surface area contributed by atoms with Gasteiger partial charge < -0.3 is 10.1 Å². The van der Waals surface area contributed by atoms with Crippen LogP contribution < -0.4 is 5.32 Å². The zero-order valence-corrected chi connectivity index (χ0v) is 12.2. The average molecular weight is 296 g/mol. The minimum absolute atomic E-state index is 0.256. The summed E-state index contributed by atoms with van der Waals surface area (Å²) >= 11 is 5.75. The smallest absolute Gasteiger partial charge is 0.331 e. The van der Waals surface area contributed by atoms with Crippen LogP contribution >= 0.6 is 11.6 Å². The normalized spacial score (nSPS) is 10.5. The highest BCUT2D eigenvalue weighted by Gasteiger charge is 2.03. The van der Waals surface area contributed by atoms with E-state index in [0.717, 1.165) is 18.4 Å². The quantitative estimate of drug-likeness (QED) is 0.478. The van der Waals surface area contributed by atoms with E-state index >= 15 is 0 Å². The largest absolute Gasteiger partial charge is 0.452 e. The molecule has 1 aromatic rings. The fourth-order valence-electron chi connectivity index (χ4n) is 1.38. The van der Waals surface area contributed by atoms with Gasteiger partial charge in [-0.3, -0.25) is 4.79 Å². The lowest BCUT2D eigenvalue weighted by molar-refractivity contribution is -0.143. The Hall–Kier alpha value is -1.81. The minimum atomic E-state index is -0.550. The van der Waals surface area contributed by atoms with E-state index in [0.29, 0.717) is 11.6 Å².